The van der Waals surface area contributed by atoms with Crippen LogP contribution >= 0.6 is 12.3 Å². The van der Waals surface area contributed by atoms with Crippen LogP contribution in [0.5, 0.6) is 0 Å². The second kappa shape index (κ2) is 4.84. The Labute approximate surface area is 115 Å². The van der Waals surface area contributed by atoms with Crippen molar-refractivity contribution in [3.05, 3.63) is 0 Å². The predicted molar refractivity (Wildman–Crippen MR) is 67.8 cm³/mol. The van der Waals surface area contributed by atoms with Crippen LogP contribution in [-0.2, 0) is 9.08 Å². The van der Waals surface area contributed by atoms with Crippen molar-refractivity contribution in [1.82, 2.24) is 14.9 Å². The van der Waals surface area contributed by atoms with Crippen LogP contribution in [0.4, 0.5) is 4.79 Å². The summed E-state index contributed by atoms with van der Waals surface area (Å²) in [6.45, 7) is 4.02. The van der Waals surface area contributed by atoms with Gasteiger partial charge in [-0.1, -0.05) is 6.92 Å². The summed E-state index contributed by atoms with van der Waals surface area (Å²) in [6.07, 6.45) is 1.68. The Balaban J connectivity index is 1.79. The van der Waals surface area contributed by atoms with Gasteiger partial charge in [-0.2, -0.15) is 9.35 Å². The van der Waals surface area contributed by atoms with Crippen molar-refractivity contribution in [2.75, 3.05) is 19.6 Å². The van der Waals surface area contributed by atoms with Gasteiger partial charge in [0.05, 0.1) is 6.04 Å². The first-order chi connectivity index (χ1) is 9.17. The molecule has 3 atom stereocenters. The largest absolute Gasteiger partial charge is 0.346 e. The fraction of sp³-hybridized carbons (Fsp3) is 0.818. The average molecular weight is 287 g/mol. The third-order valence-corrected chi connectivity index (χ3v) is 4.38. The fourth-order valence-corrected chi connectivity index (χ4v) is 3.72. The van der Waals surface area contributed by atoms with E-state index in [1.165, 1.54) is 5.06 Å². The summed E-state index contributed by atoms with van der Waals surface area (Å²) in [5.41, 5.74) is 0. The second-order valence-electron chi connectivity index (χ2n) is 5.29. The smallest absolute Gasteiger partial charge is 0.341 e. The molecule has 3 rings (SSSR count). The molecule has 8 heteroatoms. The Kier molecular flexibility index (Phi) is 3.32. The standard InChI is InChI=1S/C11H17N3O4S/c1-2-3-12-5-7-4-8-6-13(9(7)10(12)15)11(16)14(8)18-19-17/h7-9,17H,2-6H2,1H3/t7-,8+,9-/m0/s1. The van der Waals surface area contributed by atoms with E-state index >= 15 is 0 Å². The first kappa shape index (κ1) is 13.0. The second-order valence-corrected chi connectivity index (χ2v) is 5.59. The van der Waals surface area contributed by atoms with E-state index in [2.05, 4.69) is 0 Å². The van der Waals surface area contributed by atoms with Crippen molar-refractivity contribution in [1.29, 1.82) is 0 Å². The van der Waals surface area contributed by atoms with Crippen molar-refractivity contribution >= 4 is 24.3 Å². The maximum absolute atomic E-state index is 12.3. The summed E-state index contributed by atoms with van der Waals surface area (Å²) in [5.74, 6) is 0.233. The lowest BCUT2D eigenvalue weighted by atomic mass is 9.91. The fourth-order valence-electron chi connectivity index (χ4n) is 3.47. The normalized spacial score (nSPS) is 33.4. The van der Waals surface area contributed by atoms with Crippen molar-refractivity contribution in [2.24, 2.45) is 5.92 Å². The number of hydroxylamine groups is 2. The highest BCUT2D eigenvalue weighted by Crippen LogP contribution is 2.39. The number of fused-ring (bicyclic) bond motifs is 4. The number of rotatable bonds is 4. The highest BCUT2D eigenvalue weighted by Gasteiger charge is 2.56. The molecule has 7 nitrogen and oxygen atoms in total. The number of likely N-dealkylation sites (tertiary alicyclic amines) is 1. The summed E-state index contributed by atoms with van der Waals surface area (Å²) in [4.78, 5) is 28.0. The number of hydrogen-bond donors (Lipinski definition) is 1. The summed E-state index contributed by atoms with van der Waals surface area (Å²) < 4.78 is 13.6. The molecule has 3 heterocycles. The lowest BCUT2D eigenvalue weighted by Gasteiger charge is -2.30. The Morgan fingerprint density at radius 1 is 1.42 bits per heavy atom. The molecule has 3 fully saturated rings. The van der Waals surface area contributed by atoms with E-state index in [1.54, 1.807) is 4.90 Å². The number of hydrogen-bond acceptors (Lipinski definition) is 5. The van der Waals surface area contributed by atoms with Crippen LogP contribution in [0.25, 0.3) is 0 Å². The molecule has 106 valence electrons. The van der Waals surface area contributed by atoms with E-state index in [9.17, 15) is 9.59 Å². The number of nitrogens with zero attached hydrogens (tertiary/aromatic N) is 3. The zero-order chi connectivity index (χ0) is 13.6. The third-order valence-electron chi connectivity index (χ3n) is 4.16. The lowest BCUT2D eigenvalue weighted by molar-refractivity contribution is -0.131. The van der Waals surface area contributed by atoms with Crippen LogP contribution in [-0.4, -0.2) is 63.1 Å². The average Bonchev–Trinajstić information content (AvgIpc) is 2.82. The zero-order valence-electron chi connectivity index (χ0n) is 10.7. The third kappa shape index (κ3) is 1.89. The molecule has 0 aromatic rings. The van der Waals surface area contributed by atoms with E-state index in [0.717, 1.165) is 25.9 Å². The highest BCUT2D eigenvalue weighted by molar-refractivity contribution is 7.88. The van der Waals surface area contributed by atoms with Crippen LogP contribution in [0.3, 0.4) is 0 Å². The minimum atomic E-state index is -0.340. The minimum Gasteiger partial charge on any atom is -0.341 e. The van der Waals surface area contributed by atoms with E-state index in [0.29, 0.717) is 6.54 Å². The van der Waals surface area contributed by atoms with Gasteiger partial charge in [-0.15, -0.1) is 0 Å². The summed E-state index contributed by atoms with van der Waals surface area (Å²) in [6, 6.07) is -0.721. The molecule has 1 N–H and O–H groups in total. The molecule has 3 amide bonds. The first-order valence-corrected chi connectivity index (χ1v) is 7.24. The van der Waals surface area contributed by atoms with Crippen molar-refractivity contribution in [3.63, 3.8) is 0 Å². The molecule has 0 aliphatic carbocycles. The van der Waals surface area contributed by atoms with Crippen molar-refractivity contribution in [2.45, 2.75) is 31.8 Å². The SMILES string of the molecule is CCCN1C[C@@H]2C[C@@H]3CN(C(=O)N3OSO)[C@@H]2C1=O. The van der Waals surface area contributed by atoms with E-state index in [1.807, 2.05) is 11.8 Å². The Bertz CT molecular complexity index is 405. The van der Waals surface area contributed by atoms with Crippen LogP contribution in [0.2, 0.25) is 0 Å². The Hall–Kier alpha value is -0.990. The maximum Gasteiger partial charge on any atom is 0.346 e. The topological polar surface area (TPSA) is 73.3 Å². The Morgan fingerprint density at radius 2 is 2.21 bits per heavy atom. The van der Waals surface area contributed by atoms with Gasteiger partial charge in [0.1, 0.15) is 6.04 Å². The van der Waals surface area contributed by atoms with Crippen LogP contribution in [0, 0.1) is 5.92 Å². The summed E-state index contributed by atoms with van der Waals surface area (Å²) >= 11 is 0.172. The van der Waals surface area contributed by atoms with Gasteiger partial charge in [-0.05, 0) is 12.8 Å². The van der Waals surface area contributed by atoms with Gasteiger partial charge in [-0.3, -0.25) is 4.79 Å². The van der Waals surface area contributed by atoms with E-state index < -0.39 is 0 Å². The quantitative estimate of drug-likeness (QED) is 0.774. The Morgan fingerprint density at radius 3 is 2.89 bits per heavy atom. The number of urea groups is 1. The molecule has 0 aromatic heterocycles. The number of piperidine rings is 1. The molecular formula is C11H17N3O4S. The van der Waals surface area contributed by atoms with Gasteiger partial charge >= 0.3 is 6.03 Å². The van der Waals surface area contributed by atoms with Gasteiger partial charge in [0.2, 0.25) is 5.91 Å². The van der Waals surface area contributed by atoms with Crippen LogP contribution < -0.4 is 0 Å². The summed E-state index contributed by atoms with van der Waals surface area (Å²) in [7, 11) is 0. The molecule has 0 spiro atoms. The molecule has 3 saturated heterocycles. The number of carbonyl (C=O) groups is 2. The summed E-state index contributed by atoms with van der Waals surface area (Å²) in [5, 5.41) is 1.19. The highest BCUT2D eigenvalue weighted by atomic mass is 32.2. The zero-order valence-corrected chi connectivity index (χ0v) is 11.5. The van der Waals surface area contributed by atoms with Gasteiger partial charge in [0.15, 0.2) is 12.3 Å². The van der Waals surface area contributed by atoms with Gasteiger partial charge < -0.3 is 14.4 Å². The maximum atomic E-state index is 12.3. The molecule has 0 saturated carbocycles. The molecular weight excluding hydrogens is 270 g/mol. The molecule has 3 aliphatic heterocycles. The predicted octanol–water partition coefficient (Wildman–Crippen LogP) is 0.786. The van der Waals surface area contributed by atoms with Crippen molar-refractivity contribution < 1.29 is 18.4 Å². The molecule has 3 aliphatic rings. The minimum absolute atomic E-state index is 0.0529. The first-order valence-electron chi connectivity index (χ1n) is 6.54. The lowest BCUT2D eigenvalue weighted by Crippen LogP contribution is -2.48. The molecule has 0 aromatic carbocycles. The monoisotopic (exact) mass is 287 g/mol. The number of carbonyl (C=O) groups excluding carboxylic acids is 2. The van der Waals surface area contributed by atoms with Gasteiger partial charge in [0, 0.05) is 25.6 Å². The van der Waals surface area contributed by atoms with Crippen LogP contribution in [0.15, 0.2) is 0 Å². The number of amides is 3. The van der Waals surface area contributed by atoms with Gasteiger partial charge in [-0.25, -0.2) is 4.79 Å². The van der Waals surface area contributed by atoms with E-state index in [4.69, 9.17) is 8.84 Å². The molecule has 0 unspecified atom stereocenters. The van der Waals surface area contributed by atoms with E-state index in [-0.39, 0.29) is 42.3 Å². The molecule has 2 bridgehead atoms. The molecule has 0 radical (unpaired) electrons. The van der Waals surface area contributed by atoms with Crippen LogP contribution in [0.1, 0.15) is 19.8 Å². The van der Waals surface area contributed by atoms with Gasteiger partial charge in [0.25, 0.3) is 0 Å². The van der Waals surface area contributed by atoms with Crippen molar-refractivity contribution in [3.8, 4) is 0 Å². The molecule has 19 heavy (non-hydrogen) atoms.